The van der Waals surface area contributed by atoms with Gasteiger partial charge in [0.25, 0.3) is 0 Å². The van der Waals surface area contributed by atoms with Gasteiger partial charge in [0.05, 0.1) is 0 Å². The van der Waals surface area contributed by atoms with E-state index in [1.807, 2.05) is 0 Å². The Morgan fingerprint density at radius 2 is 0.625 bits per heavy atom. The lowest BCUT2D eigenvalue weighted by molar-refractivity contribution is 0.361. The molecule has 6 N–H and O–H groups in total. The molecule has 6 nitrogen and oxygen atoms in total. The summed E-state index contributed by atoms with van der Waals surface area (Å²) in [6.45, 7) is 0.889. The Balaban J connectivity index is -0.0000000621. The minimum Gasteiger partial charge on any atom is -0.325 e. The quantitative estimate of drug-likeness (QED) is 0.369. The highest BCUT2D eigenvalue weighted by Gasteiger charge is 1.92. The smallest absolute Gasteiger partial charge is 0.319 e. The van der Waals surface area contributed by atoms with Crippen LogP contribution in [0.2, 0.25) is 0 Å². The van der Waals surface area contributed by atoms with Gasteiger partial charge in [0, 0.05) is 0 Å². The summed E-state index contributed by atoms with van der Waals surface area (Å²) < 4.78 is 0. The Kier molecular flexibility index (Phi) is 25.9. The van der Waals surface area contributed by atoms with Crippen LogP contribution in [0.5, 0.6) is 0 Å². The molecule has 0 saturated heterocycles. The Bertz CT molecular complexity index is 163. The third-order valence-electron chi connectivity index (χ3n) is 0. The third kappa shape index (κ3) is 2650. The van der Waals surface area contributed by atoms with E-state index in [-0.39, 0.29) is 0 Å². The summed E-state index contributed by atoms with van der Waals surface area (Å²) in [6, 6.07) is 0. The molecule has 0 heterocycles. The second kappa shape index (κ2) is 16.1. The minimum atomic E-state index is -3.81. The van der Waals surface area contributed by atoms with Crippen LogP contribution in [0.4, 0.5) is 0 Å². The van der Waals surface area contributed by atoms with Gasteiger partial charge in [-0.1, -0.05) is 40.5 Å². The van der Waals surface area contributed by atoms with Crippen LogP contribution in [0.15, 0.2) is 0 Å². The molecule has 0 atom stereocenters. The van der Waals surface area contributed by atoms with Gasteiger partial charge in [-0.3, -0.25) is 0 Å². The molecule has 104 valence electrons. The highest BCUT2D eigenvalue weighted by atomic mass is 32.5. The first-order valence-corrected chi connectivity index (χ1v) is 9.71. The lowest BCUT2D eigenvalue weighted by Crippen LogP contribution is -1.65. The number of hydrogen-bond donors (Lipinski definition) is 6. The fourth-order valence-electron chi connectivity index (χ4n) is 0. The van der Waals surface area contributed by atoms with E-state index < -0.39 is 13.4 Å². The van der Waals surface area contributed by atoms with Crippen molar-refractivity contribution in [3.8, 4) is 0 Å². The molecule has 0 aliphatic rings. The van der Waals surface area contributed by atoms with Crippen LogP contribution >= 0.6 is 13.4 Å². The molecule has 0 spiro atoms. The van der Waals surface area contributed by atoms with E-state index >= 15 is 0 Å². The average molecular weight is 316 g/mol. The summed E-state index contributed by atoms with van der Waals surface area (Å²) in [4.78, 5) is 45.3. The predicted octanol–water partition coefficient (Wildman–Crippen LogP) is 1.21. The molecule has 0 aromatic carbocycles. The summed E-state index contributed by atoms with van der Waals surface area (Å²) in [6.07, 6.45) is 2.50. The van der Waals surface area contributed by atoms with Crippen molar-refractivity contribution in [1.29, 1.82) is 0 Å². The van der Waals surface area contributed by atoms with Crippen LogP contribution < -0.4 is 0 Å². The van der Waals surface area contributed by atoms with E-state index in [0.717, 1.165) is 0 Å². The van der Waals surface area contributed by atoms with Crippen molar-refractivity contribution in [2.45, 2.75) is 40.5 Å². The van der Waals surface area contributed by atoms with Crippen LogP contribution in [-0.4, -0.2) is 29.4 Å². The van der Waals surface area contributed by atoms with E-state index in [1.54, 1.807) is 0 Å². The molecule has 0 amide bonds. The SMILES string of the molecule is CCC.CCC.OP(O)(O)=S.OP(O)(O)=S. The van der Waals surface area contributed by atoms with Gasteiger partial charge >= 0.3 is 13.4 Å². The van der Waals surface area contributed by atoms with Crippen LogP contribution in [0.25, 0.3) is 0 Å². The lowest BCUT2D eigenvalue weighted by atomic mass is 10.6. The predicted molar refractivity (Wildman–Crippen MR) is 73.8 cm³/mol. The van der Waals surface area contributed by atoms with Gasteiger partial charge in [-0.15, -0.1) is 0 Å². The van der Waals surface area contributed by atoms with E-state index in [2.05, 4.69) is 51.3 Å². The van der Waals surface area contributed by atoms with Gasteiger partial charge in [-0.2, -0.15) is 0 Å². The fraction of sp³-hybridized carbons (Fsp3) is 1.00. The molecule has 0 unspecified atom stereocenters. The average Bonchev–Trinajstić information content (AvgIpc) is 1.79. The normalized spacial score (nSPS) is 9.62. The second-order valence-electron chi connectivity index (χ2n) is 2.44. The van der Waals surface area contributed by atoms with Crippen molar-refractivity contribution in [2.75, 3.05) is 0 Å². The van der Waals surface area contributed by atoms with E-state index in [0.29, 0.717) is 0 Å². The third-order valence-corrected chi connectivity index (χ3v) is 0. The Labute approximate surface area is 107 Å². The van der Waals surface area contributed by atoms with E-state index in [4.69, 9.17) is 29.4 Å². The number of hydrogen-bond acceptors (Lipinski definition) is 2. The molecule has 16 heavy (non-hydrogen) atoms. The summed E-state index contributed by atoms with van der Waals surface area (Å²) >= 11 is 7.21. The molecule has 0 bridgehead atoms. The Morgan fingerprint density at radius 3 is 0.625 bits per heavy atom. The topological polar surface area (TPSA) is 121 Å². The molecule has 0 radical (unpaired) electrons. The van der Waals surface area contributed by atoms with Gasteiger partial charge in [-0.05, 0) is 23.6 Å². The largest absolute Gasteiger partial charge is 0.325 e. The highest BCUT2D eigenvalue weighted by Crippen LogP contribution is 2.26. The van der Waals surface area contributed by atoms with Gasteiger partial charge in [0.1, 0.15) is 0 Å². The maximum Gasteiger partial charge on any atom is 0.319 e. The summed E-state index contributed by atoms with van der Waals surface area (Å²) in [5, 5.41) is 0. The van der Waals surface area contributed by atoms with E-state index in [1.165, 1.54) is 12.8 Å². The second-order valence-corrected chi connectivity index (χ2v) is 7.43. The van der Waals surface area contributed by atoms with Gasteiger partial charge in [0.2, 0.25) is 0 Å². The molecule has 0 saturated carbocycles. The monoisotopic (exact) mass is 316 g/mol. The van der Waals surface area contributed by atoms with Crippen molar-refractivity contribution in [3.63, 3.8) is 0 Å². The molecule has 0 rings (SSSR count). The molecular weight excluding hydrogens is 294 g/mol. The van der Waals surface area contributed by atoms with Crippen LogP contribution in [-0.2, 0) is 23.6 Å². The van der Waals surface area contributed by atoms with Crippen molar-refractivity contribution in [3.05, 3.63) is 0 Å². The zero-order valence-electron chi connectivity index (χ0n) is 9.81. The molecule has 0 fully saturated rings. The summed E-state index contributed by atoms with van der Waals surface area (Å²) in [5.74, 6) is 0. The van der Waals surface area contributed by atoms with E-state index in [9.17, 15) is 0 Å². The highest BCUT2D eigenvalue weighted by molar-refractivity contribution is 8.06. The van der Waals surface area contributed by atoms with Gasteiger partial charge in [-0.25, -0.2) is 0 Å². The Morgan fingerprint density at radius 1 is 0.625 bits per heavy atom. The molecule has 0 aromatic heterocycles. The molecular formula is C6H22O6P2S2. The van der Waals surface area contributed by atoms with Gasteiger partial charge in [0.15, 0.2) is 0 Å². The molecule has 0 aliphatic heterocycles. The van der Waals surface area contributed by atoms with Crippen molar-refractivity contribution < 1.29 is 29.4 Å². The first kappa shape index (κ1) is 25.8. The number of rotatable bonds is 0. The van der Waals surface area contributed by atoms with Crippen LogP contribution in [0.3, 0.4) is 0 Å². The van der Waals surface area contributed by atoms with Crippen molar-refractivity contribution in [1.82, 2.24) is 0 Å². The summed E-state index contributed by atoms with van der Waals surface area (Å²) in [7, 11) is 0. The first-order chi connectivity index (χ1) is 6.83. The lowest BCUT2D eigenvalue weighted by Gasteiger charge is -1.88. The summed E-state index contributed by atoms with van der Waals surface area (Å²) in [5.41, 5.74) is 0. The zero-order valence-corrected chi connectivity index (χ0v) is 13.2. The van der Waals surface area contributed by atoms with Crippen molar-refractivity contribution in [2.24, 2.45) is 0 Å². The van der Waals surface area contributed by atoms with Gasteiger partial charge < -0.3 is 29.4 Å². The zero-order chi connectivity index (χ0) is 14.4. The Hall–Kier alpha value is 1.06. The standard InChI is InChI=1S/2C3H8.2H3O3PS/c2*1-3-2;2*1-4(2,3)5/h2*3H2,1-2H3;2*(H3,1,2,3,5). The van der Waals surface area contributed by atoms with Crippen LogP contribution in [0.1, 0.15) is 40.5 Å². The fourth-order valence-corrected chi connectivity index (χ4v) is 0. The minimum absolute atomic E-state index is 1.25. The van der Waals surface area contributed by atoms with Crippen molar-refractivity contribution >= 4 is 37.1 Å². The first-order valence-electron chi connectivity index (χ1n) is 4.39. The maximum atomic E-state index is 7.56. The maximum absolute atomic E-state index is 7.56. The molecule has 10 heteroatoms. The molecule has 0 aliphatic carbocycles. The van der Waals surface area contributed by atoms with Crippen LogP contribution in [0, 0.1) is 0 Å². The molecule has 0 aromatic rings.